The first-order chi connectivity index (χ1) is 18.2. The summed E-state index contributed by atoms with van der Waals surface area (Å²) in [6.07, 6.45) is -0.486. The Morgan fingerprint density at radius 1 is 1.05 bits per heavy atom. The Labute approximate surface area is 226 Å². The number of para-hydroxylation sites is 1. The first-order valence-electron chi connectivity index (χ1n) is 12.3. The topological polar surface area (TPSA) is 114 Å². The number of nitrogens with one attached hydrogen (secondary N) is 2. The van der Waals surface area contributed by atoms with Gasteiger partial charge in [0.2, 0.25) is 5.91 Å². The third-order valence-electron chi connectivity index (χ3n) is 6.20. The molecule has 0 saturated heterocycles. The second kappa shape index (κ2) is 11.7. The van der Waals surface area contributed by atoms with E-state index in [-0.39, 0.29) is 18.4 Å². The van der Waals surface area contributed by atoms with E-state index >= 15 is 0 Å². The lowest BCUT2D eigenvalue weighted by Crippen LogP contribution is -2.56. The highest BCUT2D eigenvalue weighted by atomic mass is 32.2. The van der Waals surface area contributed by atoms with Crippen LogP contribution in [0.1, 0.15) is 25.0 Å². The molecule has 3 aromatic rings. The monoisotopic (exact) mass is 532 g/mol. The van der Waals surface area contributed by atoms with Crippen LogP contribution in [-0.4, -0.2) is 42.3 Å². The molecule has 3 amide bonds. The molecule has 3 aromatic carbocycles. The van der Waals surface area contributed by atoms with Crippen molar-refractivity contribution >= 4 is 35.4 Å². The molecule has 0 fully saturated rings. The van der Waals surface area contributed by atoms with E-state index in [2.05, 4.69) is 10.6 Å². The Morgan fingerprint density at radius 3 is 2.45 bits per heavy atom. The molecule has 0 aromatic heterocycles. The fraction of sp³-hybridized carbons (Fsp3) is 0.276. The summed E-state index contributed by atoms with van der Waals surface area (Å²) in [6, 6.07) is 22.8. The number of nitrogens with two attached hydrogens (primary N) is 1. The van der Waals surface area contributed by atoms with Crippen LogP contribution in [0.5, 0.6) is 0 Å². The molecule has 1 heterocycles. The van der Waals surface area contributed by atoms with Gasteiger partial charge in [-0.2, -0.15) is 0 Å². The quantitative estimate of drug-likeness (QED) is 0.423. The van der Waals surface area contributed by atoms with Crippen LogP contribution in [0, 0.1) is 0 Å². The maximum atomic E-state index is 13.7. The second-order valence-corrected chi connectivity index (χ2v) is 10.7. The lowest BCUT2D eigenvalue weighted by molar-refractivity contribution is -0.129. The molecule has 0 spiro atoms. The van der Waals surface area contributed by atoms with Gasteiger partial charge in [-0.25, -0.2) is 4.79 Å². The fourth-order valence-electron chi connectivity index (χ4n) is 4.08. The van der Waals surface area contributed by atoms with E-state index in [1.807, 2.05) is 72.8 Å². The summed E-state index contributed by atoms with van der Waals surface area (Å²) < 4.78 is 5.25. The zero-order valence-corrected chi connectivity index (χ0v) is 22.5. The molecule has 0 saturated carbocycles. The smallest absolute Gasteiger partial charge is 0.407 e. The van der Waals surface area contributed by atoms with Crippen molar-refractivity contribution in [1.82, 2.24) is 10.6 Å². The van der Waals surface area contributed by atoms with Gasteiger partial charge in [0.05, 0.1) is 17.8 Å². The summed E-state index contributed by atoms with van der Waals surface area (Å²) in [6.45, 7) is 3.73. The first-order valence-corrected chi connectivity index (χ1v) is 13.3. The van der Waals surface area contributed by atoms with E-state index in [1.54, 1.807) is 18.7 Å². The van der Waals surface area contributed by atoms with Crippen molar-refractivity contribution in [2.24, 2.45) is 5.73 Å². The van der Waals surface area contributed by atoms with Gasteiger partial charge in [-0.1, -0.05) is 60.7 Å². The van der Waals surface area contributed by atoms with Crippen molar-refractivity contribution in [3.05, 3.63) is 83.9 Å². The summed E-state index contributed by atoms with van der Waals surface area (Å²) in [5.41, 5.74) is 9.44. The summed E-state index contributed by atoms with van der Waals surface area (Å²) in [7, 11) is 1.52. The van der Waals surface area contributed by atoms with Crippen molar-refractivity contribution in [3.63, 3.8) is 0 Å². The average molecular weight is 533 g/mol. The van der Waals surface area contributed by atoms with Gasteiger partial charge in [-0.3, -0.25) is 9.59 Å². The average Bonchev–Trinajstić information content (AvgIpc) is 3.04. The lowest BCUT2D eigenvalue weighted by Gasteiger charge is -2.28. The molecule has 0 aliphatic carbocycles. The van der Waals surface area contributed by atoms with E-state index in [4.69, 9.17) is 10.5 Å². The van der Waals surface area contributed by atoms with Gasteiger partial charge >= 0.3 is 6.09 Å². The molecule has 9 heteroatoms. The number of amides is 3. The molecular formula is C29H32N4O4S. The van der Waals surface area contributed by atoms with Gasteiger partial charge in [0, 0.05) is 17.7 Å². The van der Waals surface area contributed by atoms with Crippen LogP contribution < -0.4 is 21.3 Å². The number of rotatable bonds is 7. The van der Waals surface area contributed by atoms with Crippen LogP contribution in [0.4, 0.5) is 10.5 Å². The van der Waals surface area contributed by atoms with Crippen molar-refractivity contribution in [2.45, 2.75) is 43.5 Å². The van der Waals surface area contributed by atoms with E-state index in [0.29, 0.717) is 12.3 Å². The Morgan fingerprint density at radius 2 is 1.74 bits per heavy atom. The Kier molecular flexibility index (Phi) is 8.38. The number of benzene rings is 3. The van der Waals surface area contributed by atoms with Crippen LogP contribution in [0.15, 0.2) is 77.7 Å². The third kappa shape index (κ3) is 6.35. The highest BCUT2D eigenvalue weighted by molar-refractivity contribution is 7.99. The van der Waals surface area contributed by atoms with Gasteiger partial charge in [0.1, 0.15) is 12.6 Å². The van der Waals surface area contributed by atoms with Crippen molar-refractivity contribution in [3.8, 4) is 11.1 Å². The third-order valence-corrected chi connectivity index (χ3v) is 7.36. The summed E-state index contributed by atoms with van der Waals surface area (Å²) in [5.74, 6) is -0.131. The molecule has 198 valence electrons. The van der Waals surface area contributed by atoms with E-state index in [1.165, 1.54) is 18.8 Å². The number of thioether (sulfide) groups is 1. The second-order valence-electron chi connectivity index (χ2n) is 9.63. The Bertz CT molecular complexity index is 1320. The normalized spacial score (nSPS) is 15.3. The minimum Gasteiger partial charge on any atom is -0.445 e. The number of hydrogen-bond donors (Lipinski definition) is 3. The number of carbonyl (C=O) groups excluding carboxylic acids is 3. The summed E-state index contributed by atoms with van der Waals surface area (Å²) in [5, 5.41) is 5.30. The fourth-order valence-corrected chi connectivity index (χ4v) is 5.15. The Hall–Kier alpha value is -3.82. The highest BCUT2D eigenvalue weighted by Gasteiger charge is 2.34. The van der Waals surface area contributed by atoms with Gasteiger partial charge in [-0.15, -0.1) is 11.8 Å². The van der Waals surface area contributed by atoms with Crippen molar-refractivity contribution < 1.29 is 19.1 Å². The minimum absolute atomic E-state index is 0.154. The summed E-state index contributed by atoms with van der Waals surface area (Å²) in [4.78, 5) is 40.5. The van der Waals surface area contributed by atoms with Crippen LogP contribution >= 0.6 is 11.8 Å². The lowest BCUT2D eigenvalue weighted by atomic mass is 9.99. The molecule has 0 unspecified atom stereocenters. The number of anilines is 1. The van der Waals surface area contributed by atoms with Gasteiger partial charge in [0.15, 0.2) is 0 Å². The van der Waals surface area contributed by atoms with Crippen molar-refractivity contribution in [2.75, 3.05) is 17.7 Å². The SMILES string of the molecule is CNC(=O)OCc1ccccc1-c1ccc(CN2C(=O)[C@H](NC(=O)C(C)(C)N)CSc3ccccc32)cc1. The van der Waals surface area contributed by atoms with E-state index in [9.17, 15) is 14.4 Å². The Balaban J connectivity index is 1.57. The zero-order chi connectivity index (χ0) is 27.3. The predicted octanol–water partition coefficient (Wildman–Crippen LogP) is 4.07. The molecule has 4 rings (SSSR count). The number of alkyl carbamates (subject to hydrolysis) is 1. The summed E-state index contributed by atoms with van der Waals surface area (Å²) >= 11 is 1.54. The predicted molar refractivity (Wildman–Crippen MR) is 150 cm³/mol. The van der Waals surface area contributed by atoms with Gasteiger partial charge in [-0.05, 0) is 48.2 Å². The zero-order valence-electron chi connectivity index (χ0n) is 21.7. The minimum atomic E-state index is -1.09. The largest absolute Gasteiger partial charge is 0.445 e. The number of hydrogen-bond acceptors (Lipinski definition) is 6. The first kappa shape index (κ1) is 27.2. The molecule has 1 aliphatic rings. The van der Waals surface area contributed by atoms with E-state index < -0.39 is 17.7 Å². The molecule has 1 aliphatic heterocycles. The number of nitrogens with zero attached hydrogens (tertiary/aromatic N) is 1. The maximum absolute atomic E-state index is 13.7. The molecule has 0 bridgehead atoms. The number of fused-ring (bicyclic) bond motifs is 1. The van der Waals surface area contributed by atoms with Gasteiger partial charge < -0.3 is 26.0 Å². The molecule has 0 radical (unpaired) electrons. The van der Waals surface area contributed by atoms with Gasteiger partial charge in [0.25, 0.3) is 5.91 Å². The number of ether oxygens (including phenoxy) is 1. The molecular weight excluding hydrogens is 500 g/mol. The number of carbonyl (C=O) groups is 3. The molecule has 4 N–H and O–H groups in total. The highest BCUT2D eigenvalue weighted by Crippen LogP contribution is 2.35. The van der Waals surface area contributed by atoms with Crippen LogP contribution in [0.25, 0.3) is 11.1 Å². The van der Waals surface area contributed by atoms with Crippen molar-refractivity contribution in [1.29, 1.82) is 0 Å². The van der Waals surface area contributed by atoms with Crippen LogP contribution in [-0.2, 0) is 27.5 Å². The molecule has 8 nitrogen and oxygen atoms in total. The van der Waals surface area contributed by atoms with Crippen LogP contribution in [0.3, 0.4) is 0 Å². The molecule has 1 atom stereocenters. The van der Waals surface area contributed by atoms with E-state index in [0.717, 1.165) is 32.8 Å². The molecule has 38 heavy (non-hydrogen) atoms. The van der Waals surface area contributed by atoms with Crippen LogP contribution in [0.2, 0.25) is 0 Å². The maximum Gasteiger partial charge on any atom is 0.407 e. The standard InChI is InChI=1S/C29H32N4O4S/c1-29(2,30)27(35)32-23-18-38-25-11-7-6-10-24(25)33(26(23)34)16-19-12-14-20(15-13-19)22-9-5-4-8-21(22)17-37-28(36)31-3/h4-15,23H,16-18,30H2,1-3H3,(H,31,36)(H,32,35)/t23-/m1/s1.